The van der Waals surface area contributed by atoms with Gasteiger partial charge in [0.15, 0.2) is 0 Å². The van der Waals surface area contributed by atoms with Crippen LogP contribution in [-0.2, 0) is 11.3 Å². The molecule has 0 bridgehead atoms. The summed E-state index contributed by atoms with van der Waals surface area (Å²) in [5.74, 6) is 1.11. The summed E-state index contributed by atoms with van der Waals surface area (Å²) >= 11 is 1.69. The van der Waals surface area contributed by atoms with Gasteiger partial charge in [-0.05, 0) is 76.1 Å². The number of aliphatic hydroxyl groups excluding tert-OH is 2. The van der Waals surface area contributed by atoms with Gasteiger partial charge in [-0.15, -0.1) is 11.3 Å². The van der Waals surface area contributed by atoms with Crippen LogP contribution in [0.25, 0.3) is 22.2 Å². The zero-order valence-corrected chi connectivity index (χ0v) is 22.6. The first-order valence-corrected chi connectivity index (χ1v) is 12.9. The Labute approximate surface area is 216 Å². The van der Waals surface area contributed by atoms with E-state index in [1.807, 2.05) is 26.0 Å². The summed E-state index contributed by atoms with van der Waals surface area (Å²) in [5.41, 5.74) is 3.77. The molecule has 0 spiro atoms. The molecule has 196 valence electrons. The normalized spacial score (nSPS) is 12.4. The number of aryl methyl sites for hydroxylation is 3. The van der Waals surface area contributed by atoms with Crippen molar-refractivity contribution in [1.29, 1.82) is 0 Å². The van der Waals surface area contributed by atoms with Crippen molar-refractivity contribution in [3.63, 3.8) is 0 Å². The number of amides is 1. The molecule has 2 aromatic heterocycles. The molecule has 0 saturated carbocycles. The predicted octanol–water partition coefficient (Wildman–Crippen LogP) is 3.47. The molecule has 0 aliphatic rings. The maximum atomic E-state index is 11.1. The van der Waals surface area contributed by atoms with Gasteiger partial charge in [-0.25, -0.2) is 0 Å². The lowest BCUT2D eigenvalue weighted by Crippen LogP contribution is -2.36. The van der Waals surface area contributed by atoms with E-state index in [2.05, 4.69) is 54.1 Å². The highest BCUT2D eigenvalue weighted by atomic mass is 32.1. The highest BCUT2D eigenvalue weighted by molar-refractivity contribution is 7.15. The summed E-state index contributed by atoms with van der Waals surface area (Å²) in [5, 5.41) is 25.4. The summed E-state index contributed by atoms with van der Waals surface area (Å²) in [6.07, 6.45) is -0.900. The summed E-state index contributed by atoms with van der Waals surface area (Å²) in [7, 11) is 0. The van der Waals surface area contributed by atoms with Crippen molar-refractivity contribution in [3.05, 3.63) is 39.8 Å². The molecule has 3 aromatic rings. The van der Waals surface area contributed by atoms with Crippen molar-refractivity contribution in [1.82, 2.24) is 20.4 Å². The van der Waals surface area contributed by atoms with E-state index >= 15 is 0 Å². The lowest BCUT2D eigenvalue weighted by molar-refractivity contribution is -0.124. The second kappa shape index (κ2) is 12.4. The van der Waals surface area contributed by atoms with Gasteiger partial charge in [0.2, 0.25) is 11.7 Å². The van der Waals surface area contributed by atoms with E-state index in [9.17, 15) is 9.90 Å². The number of hydrogen-bond acceptors (Lipinski definition) is 9. The topological polar surface area (TPSA) is 121 Å². The van der Waals surface area contributed by atoms with Crippen molar-refractivity contribution in [3.8, 4) is 27.9 Å². The van der Waals surface area contributed by atoms with Gasteiger partial charge in [0.05, 0.1) is 4.88 Å². The van der Waals surface area contributed by atoms with Gasteiger partial charge < -0.3 is 24.8 Å². The minimum atomic E-state index is -0.900. The van der Waals surface area contributed by atoms with Crippen molar-refractivity contribution in [2.24, 2.45) is 0 Å². The van der Waals surface area contributed by atoms with Gasteiger partial charge in [-0.1, -0.05) is 12.1 Å². The Morgan fingerprint density at radius 1 is 1.19 bits per heavy atom. The Morgan fingerprint density at radius 2 is 1.89 bits per heavy atom. The van der Waals surface area contributed by atoms with Gasteiger partial charge in [0.1, 0.15) is 25.1 Å². The van der Waals surface area contributed by atoms with E-state index in [1.54, 1.807) is 11.3 Å². The average Bonchev–Trinajstić information content (AvgIpc) is 3.47. The number of rotatable bonds is 12. The first-order valence-electron chi connectivity index (χ1n) is 12.1. The third-order valence-electron chi connectivity index (χ3n) is 5.96. The molecule has 36 heavy (non-hydrogen) atoms. The highest BCUT2D eigenvalue weighted by Gasteiger charge is 2.19. The fraction of sp³-hybridized carbons (Fsp3) is 0.500. The molecule has 0 saturated heterocycles. The van der Waals surface area contributed by atoms with E-state index in [1.165, 1.54) is 10.4 Å². The minimum absolute atomic E-state index is 0.000930. The third kappa shape index (κ3) is 6.91. The van der Waals surface area contributed by atoms with Crippen molar-refractivity contribution in [2.45, 2.75) is 60.2 Å². The summed E-state index contributed by atoms with van der Waals surface area (Å²) in [6.45, 7) is 13.8. The van der Waals surface area contributed by atoms with Crippen LogP contribution in [0.5, 0.6) is 5.75 Å². The third-order valence-corrected chi connectivity index (χ3v) is 7.17. The quantitative estimate of drug-likeness (QED) is 0.335. The van der Waals surface area contributed by atoms with Gasteiger partial charge in [-0.2, -0.15) is 4.98 Å². The number of aliphatic hydroxyl groups is 2. The van der Waals surface area contributed by atoms with Crippen LogP contribution in [0, 0.1) is 20.8 Å². The van der Waals surface area contributed by atoms with Crippen LogP contribution in [0.4, 0.5) is 0 Å². The van der Waals surface area contributed by atoms with Crippen LogP contribution in [0.15, 0.2) is 22.7 Å². The maximum absolute atomic E-state index is 11.1. The number of ether oxygens (including phenoxy) is 1. The van der Waals surface area contributed by atoms with Gasteiger partial charge in [0.25, 0.3) is 5.89 Å². The minimum Gasteiger partial charge on any atom is -0.490 e. The Balaban J connectivity index is 1.72. The molecule has 1 aromatic carbocycles. The molecule has 0 aliphatic carbocycles. The van der Waals surface area contributed by atoms with Crippen LogP contribution < -0.4 is 10.1 Å². The molecule has 10 heteroatoms. The Kier molecular flexibility index (Phi) is 9.61. The highest BCUT2D eigenvalue weighted by Crippen LogP contribution is 2.34. The van der Waals surface area contributed by atoms with Crippen LogP contribution in [0.1, 0.15) is 42.3 Å². The number of benzene rings is 1. The molecular weight excluding hydrogens is 480 g/mol. The fourth-order valence-corrected chi connectivity index (χ4v) is 5.02. The first kappa shape index (κ1) is 27.8. The number of aromatic nitrogens is 2. The molecule has 1 atom stereocenters. The maximum Gasteiger partial charge on any atom is 0.268 e. The summed E-state index contributed by atoms with van der Waals surface area (Å²) in [4.78, 5) is 20.4. The first-order chi connectivity index (χ1) is 17.1. The Hall–Kier alpha value is -2.79. The molecule has 0 fully saturated rings. The smallest absolute Gasteiger partial charge is 0.268 e. The summed E-state index contributed by atoms with van der Waals surface area (Å²) in [6, 6.07) is 6.42. The van der Waals surface area contributed by atoms with Gasteiger partial charge in [0, 0.05) is 29.6 Å². The van der Waals surface area contributed by atoms with Crippen LogP contribution in [0.3, 0.4) is 0 Å². The predicted molar refractivity (Wildman–Crippen MR) is 140 cm³/mol. The van der Waals surface area contributed by atoms with E-state index < -0.39 is 18.6 Å². The summed E-state index contributed by atoms with van der Waals surface area (Å²) < 4.78 is 11.4. The van der Waals surface area contributed by atoms with Crippen molar-refractivity contribution >= 4 is 17.2 Å². The van der Waals surface area contributed by atoms with E-state index in [0.717, 1.165) is 34.7 Å². The second-order valence-electron chi connectivity index (χ2n) is 9.16. The molecule has 0 radical (unpaired) electrons. The average molecular weight is 517 g/mol. The number of hydrogen-bond donors (Lipinski definition) is 3. The van der Waals surface area contributed by atoms with Crippen LogP contribution >= 0.6 is 11.3 Å². The molecule has 3 rings (SSSR count). The lowest BCUT2D eigenvalue weighted by Gasteiger charge is -2.24. The van der Waals surface area contributed by atoms with Gasteiger partial charge in [-0.3, -0.25) is 9.69 Å². The van der Waals surface area contributed by atoms with Crippen molar-refractivity contribution < 1.29 is 24.3 Å². The largest absolute Gasteiger partial charge is 0.490 e. The van der Waals surface area contributed by atoms with Crippen LogP contribution in [0.2, 0.25) is 0 Å². The Morgan fingerprint density at radius 3 is 2.50 bits per heavy atom. The number of thiophene rings is 1. The zero-order valence-electron chi connectivity index (χ0n) is 21.8. The fourth-order valence-electron chi connectivity index (χ4n) is 3.90. The SMILES string of the molecule is CCN(Cc1sc(-c2nc(-c3cc(C)c(OC[C@@H](O)CNC(=O)CO)c(C)c3)no2)cc1C)C(C)C. The lowest BCUT2D eigenvalue weighted by atomic mass is 10.1. The number of carbonyl (C=O) groups is 1. The van der Waals surface area contributed by atoms with E-state index in [4.69, 9.17) is 14.4 Å². The molecular formula is C26H36N4O5S. The van der Waals surface area contributed by atoms with Gasteiger partial charge >= 0.3 is 0 Å². The van der Waals surface area contributed by atoms with E-state index in [0.29, 0.717) is 23.5 Å². The zero-order chi connectivity index (χ0) is 26.4. The van der Waals surface area contributed by atoms with Crippen molar-refractivity contribution in [2.75, 3.05) is 26.3 Å². The Bertz CT molecular complexity index is 1150. The standard InChI is InChI=1S/C26H36N4O5S/c1-7-30(15(2)3)12-22-16(4)10-21(36-22)26-28-25(29-35-26)19-8-17(5)24(18(6)9-19)34-14-20(32)11-27-23(33)13-31/h8-10,15,20,31-32H,7,11-14H2,1-6H3,(H,27,33)/t20-/m0/s1. The number of nitrogens with one attached hydrogen (secondary N) is 1. The number of carbonyl (C=O) groups excluding carboxylic acids is 1. The molecule has 0 unspecified atom stereocenters. The van der Waals surface area contributed by atoms with E-state index in [-0.39, 0.29) is 13.2 Å². The molecule has 9 nitrogen and oxygen atoms in total. The monoisotopic (exact) mass is 516 g/mol. The molecule has 2 heterocycles. The molecule has 3 N–H and O–H groups in total. The van der Waals surface area contributed by atoms with Crippen LogP contribution in [-0.4, -0.2) is 69.6 Å². The number of nitrogens with zero attached hydrogens (tertiary/aromatic N) is 3. The molecule has 1 amide bonds. The second-order valence-corrected chi connectivity index (χ2v) is 10.3. The molecule has 0 aliphatic heterocycles.